The number of hydrogen-bond acceptors (Lipinski definition) is 5. The second-order valence-corrected chi connectivity index (χ2v) is 7.03. The molecule has 0 saturated heterocycles. The summed E-state index contributed by atoms with van der Waals surface area (Å²) in [6.45, 7) is 1.20. The van der Waals surface area contributed by atoms with E-state index in [1.165, 1.54) is 6.92 Å². The van der Waals surface area contributed by atoms with Crippen molar-refractivity contribution >= 4 is 27.8 Å². The summed E-state index contributed by atoms with van der Waals surface area (Å²) in [4.78, 5) is 24.1. The summed E-state index contributed by atoms with van der Waals surface area (Å²) in [6, 6.07) is 9.23. The zero-order valence-corrected chi connectivity index (χ0v) is 15.7. The van der Waals surface area contributed by atoms with Gasteiger partial charge < -0.3 is 14.8 Å². The number of benzene rings is 1. The highest BCUT2D eigenvalue weighted by Gasteiger charge is 2.35. The van der Waals surface area contributed by atoms with Crippen LogP contribution in [0.3, 0.4) is 0 Å². The van der Waals surface area contributed by atoms with Gasteiger partial charge in [0.25, 0.3) is 5.91 Å². The normalized spacial score (nSPS) is 17.0. The van der Waals surface area contributed by atoms with Crippen molar-refractivity contribution in [1.82, 2.24) is 5.32 Å². The zero-order chi connectivity index (χ0) is 18.3. The number of esters is 1. The lowest BCUT2D eigenvalue weighted by Gasteiger charge is -2.32. The van der Waals surface area contributed by atoms with E-state index in [2.05, 4.69) is 27.3 Å². The molecular formula is C18H21BrN2O4. The van der Waals surface area contributed by atoms with Crippen molar-refractivity contribution < 1.29 is 19.1 Å². The average molecular weight is 409 g/mol. The van der Waals surface area contributed by atoms with Gasteiger partial charge in [0.05, 0.1) is 6.07 Å². The molecule has 7 heteroatoms. The first-order chi connectivity index (χ1) is 11.9. The van der Waals surface area contributed by atoms with Gasteiger partial charge in [-0.2, -0.15) is 5.26 Å². The largest absolute Gasteiger partial charge is 0.482 e. The van der Waals surface area contributed by atoms with E-state index in [1.54, 1.807) is 24.3 Å². The quantitative estimate of drug-likeness (QED) is 0.730. The summed E-state index contributed by atoms with van der Waals surface area (Å²) in [7, 11) is 0. The van der Waals surface area contributed by atoms with Gasteiger partial charge in [-0.3, -0.25) is 4.79 Å². The van der Waals surface area contributed by atoms with Gasteiger partial charge in [0.2, 0.25) is 0 Å². The number of nitriles is 1. The Hall–Kier alpha value is -2.07. The number of nitrogens with zero attached hydrogens (tertiary/aromatic N) is 1. The number of amides is 1. The lowest BCUT2D eigenvalue weighted by Crippen LogP contribution is -2.52. The maximum absolute atomic E-state index is 12.2. The van der Waals surface area contributed by atoms with Gasteiger partial charge in [0.15, 0.2) is 12.7 Å². The molecule has 0 bridgehead atoms. The highest BCUT2D eigenvalue weighted by molar-refractivity contribution is 9.10. The van der Waals surface area contributed by atoms with E-state index in [9.17, 15) is 14.9 Å². The third-order valence-electron chi connectivity index (χ3n) is 4.13. The van der Waals surface area contributed by atoms with Crippen LogP contribution in [0, 0.1) is 11.3 Å². The summed E-state index contributed by atoms with van der Waals surface area (Å²) >= 11 is 3.31. The molecule has 1 N–H and O–H groups in total. The summed E-state index contributed by atoms with van der Waals surface area (Å²) in [6.07, 6.45) is 3.15. The Morgan fingerprint density at radius 2 is 1.92 bits per heavy atom. The van der Waals surface area contributed by atoms with Gasteiger partial charge in [-0.1, -0.05) is 35.2 Å². The van der Waals surface area contributed by atoms with Gasteiger partial charge in [-0.25, -0.2) is 4.79 Å². The topological polar surface area (TPSA) is 88.4 Å². The van der Waals surface area contributed by atoms with Crippen LogP contribution in [0.15, 0.2) is 28.7 Å². The molecule has 1 fully saturated rings. The van der Waals surface area contributed by atoms with Crippen molar-refractivity contribution in [2.45, 2.75) is 50.7 Å². The van der Waals surface area contributed by atoms with Crippen LogP contribution in [0.5, 0.6) is 5.75 Å². The van der Waals surface area contributed by atoms with E-state index in [0.29, 0.717) is 18.6 Å². The van der Waals surface area contributed by atoms with Crippen LogP contribution in [0.2, 0.25) is 0 Å². The van der Waals surface area contributed by atoms with Crippen LogP contribution >= 0.6 is 15.9 Å². The van der Waals surface area contributed by atoms with E-state index < -0.39 is 23.5 Å². The molecule has 1 amide bonds. The molecule has 1 aromatic carbocycles. The molecule has 2 rings (SSSR count). The number of hydrogen-bond donors (Lipinski definition) is 1. The van der Waals surface area contributed by atoms with E-state index in [1.807, 2.05) is 0 Å². The molecule has 1 aliphatic rings. The first kappa shape index (κ1) is 19.3. The van der Waals surface area contributed by atoms with Crippen LogP contribution < -0.4 is 10.1 Å². The molecule has 25 heavy (non-hydrogen) atoms. The van der Waals surface area contributed by atoms with E-state index in [0.717, 1.165) is 23.7 Å². The first-order valence-corrected chi connectivity index (χ1v) is 9.04. The highest BCUT2D eigenvalue weighted by Crippen LogP contribution is 2.27. The molecule has 1 atom stereocenters. The lowest BCUT2D eigenvalue weighted by molar-refractivity contribution is -0.157. The summed E-state index contributed by atoms with van der Waals surface area (Å²) in [5.41, 5.74) is -0.843. The minimum Gasteiger partial charge on any atom is -0.482 e. The second kappa shape index (κ2) is 8.86. The van der Waals surface area contributed by atoms with Gasteiger partial charge in [0, 0.05) is 4.47 Å². The Bertz CT molecular complexity index is 648. The van der Waals surface area contributed by atoms with Crippen molar-refractivity contribution in [3.05, 3.63) is 28.7 Å². The molecule has 6 nitrogen and oxygen atoms in total. The number of nitrogens with one attached hydrogen (secondary N) is 1. The summed E-state index contributed by atoms with van der Waals surface area (Å²) in [5.74, 6) is -0.566. The first-order valence-electron chi connectivity index (χ1n) is 8.25. The van der Waals surface area contributed by atoms with Crippen LogP contribution in [0.4, 0.5) is 0 Å². The molecule has 0 heterocycles. The standard InChI is InChI=1S/C18H21BrN2O4/c1-13(17(23)21-18(12-20)9-3-2-4-10-18)25-16(22)11-24-15-7-5-14(19)6-8-15/h5-8,13H,2-4,9-11H2,1H3,(H,21,23). The van der Waals surface area contributed by atoms with Crippen LogP contribution in [0.25, 0.3) is 0 Å². The molecule has 0 aromatic heterocycles. The Labute approximate surface area is 155 Å². The van der Waals surface area contributed by atoms with Crippen molar-refractivity contribution in [2.75, 3.05) is 6.61 Å². The monoisotopic (exact) mass is 408 g/mol. The Morgan fingerprint density at radius 3 is 2.52 bits per heavy atom. The van der Waals surface area contributed by atoms with Crippen molar-refractivity contribution in [2.24, 2.45) is 0 Å². The predicted molar refractivity (Wildman–Crippen MR) is 94.8 cm³/mol. The van der Waals surface area contributed by atoms with Gasteiger partial charge in [0.1, 0.15) is 11.3 Å². The molecule has 1 saturated carbocycles. The predicted octanol–water partition coefficient (Wildman–Crippen LogP) is 3.10. The summed E-state index contributed by atoms with van der Waals surface area (Å²) in [5, 5.41) is 12.1. The Morgan fingerprint density at radius 1 is 1.28 bits per heavy atom. The smallest absolute Gasteiger partial charge is 0.344 e. The highest BCUT2D eigenvalue weighted by atomic mass is 79.9. The van der Waals surface area contributed by atoms with Crippen LogP contribution in [0.1, 0.15) is 39.0 Å². The minimum atomic E-state index is -0.979. The SMILES string of the molecule is CC(OC(=O)COc1ccc(Br)cc1)C(=O)NC1(C#N)CCCCC1. The van der Waals surface area contributed by atoms with E-state index >= 15 is 0 Å². The van der Waals surface area contributed by atoms with Crippen LogP contribution in [-0.4, -0.2) is 30.1 Å². The van der Waals surface area contributed by atoms with Gasteiger partial charge in [-0.05, 0) is 44.0 Å². The number of rotatable bonds is 6. The molecule has 0 radical (unpaired) electrons. The molecule has 0 spiro atoms. The van der Waals surface area contributed by atoms with E-state index in [4.69, 9.17) is 9.47 Å². The maximum atomic E-state index is 12.2. The van der Waals surface area contributed by atoms with Crippen molar-refractivity contribution in [1.29, 1.82) is 5.26 Å². The van der Waals surface area contributed by atoms with Gasteiger partial charge >= 0.3 is 5.97 Å². The van der Waals surface area contributed by atoms with Crippen molar-refractivity contribution in [3.63, 3.8) is 0 Å². The number of ether oxygens (including phenoxy) is 2. The average Bonchev–Trinajstić information content (AvgIpc) is 2.62. The number of halogens is 1. The Kier molecular flexibility index (Phi) is 6.82. The third-order valence-corrected chi connectivity index (χ3v) is 4.66. The fraction of sp³-hybridized carbons (Fsp3) is 0.500. The molecule has 0 aliphatic heterocycles. The Balaban J connectivity index is 1.80. The fourth-order valence-corrected chi connectivity index (χ4v) is 2.98. The molecule has 134 valence electrons. The maximum Gasteiger partial charge on any atom is 0.344 e. The van der Waals surface area contributed by atoms with Crippen molar-refractivity contribution in [3.8, 4) is 11.8 Å². The molecular weight excluding hydrogens is 388 g/mol. The van der Waals surface area contributed by atoms with Gasteiger partial charge in [-0.15, -0.1) is 0 Å². The molecule has 1 aliphatic carbocycles. The summed E-state index contributed by atoms with van der Waals surface area (Å²) < 4.78 is 11.3. The number of carbonyl (C=O) groups excluding carboxylic acids is 2. The minimum absolute atomic E-state index is 0.289. The van der Waals surface area contributed by atoms with Crippen LogP contribution in [-0.2, 0) is 14.3 Å². The third kappa shape index (κ3) is 5.75. The molecule has 1 unspecified atom stereocenters. The van der Waals surface area contributed by atoms with E-state index in [-0.39, 0.29) is 6.61 Å². The lowest BCUT2D eigenvalue weighted by atomic mass is 9.83. The molecule has 1 aromatic rings. The number of carbonyl (C=O) groups is 2. The zero-order valence-electron chi connectivity index (χ0n) is 14.1. The fourth-order valence-electron chi connectivity index (χ4n) is 2.72. The second-order valence-electron chi connectivity index (χ2n) is 6.12.